The van der Waals surface area contributed by atoms with E-state index < -0.39 is 0 Å². The molecule has 0 N–H and O–H groups in total. The van der Waals surface area contributed by atoms with Crippen LogP contribution in [0.2, 0.25) is 0 Å². The van der Waals surface area contributed by atoms with Crippen molar-refractivity contribution in [2.24, 2.45) is 0 Å². The van der Waals surface area contributed by atoms with Crippen LogP contribution >= 0.6 is 35.0 Å². The number of rotatable bonds is 5. The molecule has 3 nitrogen and oxygen atoms in total. The zero-order valence-corrected chi connectivity index (χ0v) is 12.6. The summed E-state index contributed by atoms with van der Waals surface area (Å²) in [5.74, 6) is 0. The van der Waals surface area contributed by atoms with Crippen molar-refractivity contribution in [3.8, 4) is 0 Å². The molecule has 0 fully saturated rings. The summed E-state index contributed by atoms with van der Waals surface area (Å²) < 4.78 is 1.25. The molecule has 1 aromatic carbocycles. The van der Waals surface area contributed by atoms with E-state index >= 15 is 0 Å². The Labute approximate surface area is 117 Å². The average molecular weight is 358 g/mol. The topological polar surface area (TPSA) is 21.7 Å². The fraction of sp³-hybridized carbons (Fsp3) is 0.455. The SMILES string of the molecule is CON(OC)C(C)Cc1ccc(I)cc1.Cl. The van der Waals surface area contributed by atoms with Crippen LogP contribution in [-0.2, 0) is 16.1 Å². The van der Waals surface area contributed by atoms with E-state index in [9.17, 15) is 0 Å². The van der Waals surface area contributed by atoms with E-state index in [1.165, 1.54) is 14.4 Å². The van der Waals surface area contributed by atoms with Crippen LogP contribution in [0, 0.1) is 3.57 Å². The molecular weight excluding hydrogens is 340 g/mol. The van der Waals surface area contributed by atoms with Gasteiger partial charge in [0.15, 0.2) is 0 Å². The molecule has 0 aliphatic heterocycles. The molecular formula is C11H17ClINO2. The second-order valence-electron chi connectivity index (χ2n) is 3.33. The van der Waals surface area contributed by atoms with Crippen LogP contribution in [0.4, 0.5) is 0 Å². The molecule has 0 aliphatic rings. The lowest BCUT2D eigenvalue weighted by Crippen LogP contribution is -2.32. The van der Waals surface area contributed by atoms with Crippen LogP contribution in [-0.4, -0.2) is 25.5 Å². The predicted octanol–water partition coefficient (Wildman–Crippen LogP) is 3.07. The van der Waals surface area contributed by atoms with Crippen molar-refractivity contribution in [3.63, 3.8) is 0 Å². The molecule has 0 amide bonds. The van der Waals surface area contributed by atoms with Gasteiger partial charge in [0.2, 0.25) is 0 Å². The highest BCUT2D eigenvalue weighted by atomic mass is 127. The van der Waals surface area contributed by atoms with E-state index in [1.807, 2.05) is 0 Å². The molecule has 0 saturated heterocycles. The van der Waals surface area contributed by atoms with Crippen LogP contribution in [0.15, 0.2) is 24.3 Å². The summed E-state index contributed by atoms with van der Waals surface area (Å²) >= 11 is 2.30. The van der Waals surface area contributed by atoms with E-state index in [1.54, 1.807) is 14.2 Å². The second-order valence-corrected chi connectivity index (χ2v) is 4.58. The van der Waals surface area contributed by atoms with E-state index in [2.05, 4.69) is 53.8 Å². The highest BCUT2D eigenvalue weighted by molar-refractivity contribution is 14.1. The van der Waals surface area contributed by atoms with Gasteiger partial charge in [-0.05, 0) is 53.6 Å². The molecule has 92 valence electrons. The Kier molecular flexibility index (Phi) is 8.31. The molecule has 0 aliphatic carbocycles. The summed E-state index contributed by atoms with van der Waals surface area (Å²) in [6.07, 6.45) is 0.901. The second kappa shape index (κ2) is 8.25. The smallest absolute Gasteiger partial charge is 0.0640 e. The molecule has 1 rings (SSSR count). The third-order valence-corrected chi connectivity index (χ3v) is 2.88. The Balaban J connectivity index is 0.00000225. The van der Waals surface area contributed by atoms with Gasteiger partial charge in [0.1, 0.15) is 0 Å². The van der Waals surface area contributed by atoms with Crippen molar-refractivity contribution in [1.82, 2.24) is 5.23 Å². The molecule has 16 heavy (non-hydrogen) atoms. The first kappa shape index (κ1) is 16.1. The lowest BCUT2D eigenvalue weighted by Gasteiger charge is -2.23. The molecule has 1 unspecified atom stereocenters. The Hall–Kier alpha value is 0.120. The largest absolute Gasteiger partial charge is 0.277 e. The van der Waals surface area contributed by atoms with Crippen LogP contribution in [0.5, 0.6) is 0 Å². The van der Waals surface area contributed by atoms with E-state index in [0.29, 0.717) is 0 Å². The van der Waals surface area contributed by atoms with Crippen molar-refractivity contribution in [2.75, 3.05) is 14.2 Å². The van der Waals surface area contributed by atoms with Crippen LogP contribution < -0.4 is 0 Å². The molecule has 0 saturated carbocycles. The summed E-state index contributed by atoms with van der Waals surface area (Å²) in [5.41, 5.74) is 1.28. The third kappa shape index (κ3) is 4.97. The normalized spacial score (nSPS) is 12.3. The van der Waals surface area contributed by atoms with E-state index in [4.69, 9.17) is 9.68 Å². The quantitative estimate of drug-likeness (QED) is 0.597. The van der Waals surface area contributed by atoms with Gasteiger partial charge in [-0.25, -0.2) is 0 Å². The number of hydroxylamine groups is 2. The summed E-state index contributed by atoms with van der Waals surface area (Å²) in [6.45, 7) is 2.06. The summed E-state index contributed by atoms with van der Waals surface area (Å²) in [7, 11) is 3.21. The number of hydrogen-bond donors (Lipinski definition) is 0. The maximum absolute atomic E-state index is 5.07. The predicted molar refractivity (Wildman–Crippen MR) is 75.4 cm³/mol. The first-order valence-electron chi connectivity index (χ1n) is 4.79. The molecule has 0 bridgehead atoms. The Morgan fingerprint density at radius 2 is 1.69 bits per heavy atom. The maximum atomic E-state index is 5.07. The molecule has 0 radical (unpaired) electrons. The van der Waals surface area contributed by atoms with Crippen LogP contribution in [0.3, 0.4) is 0 Å². The Morgan fingerprint density at radius 3 is 2.12 bits per heavy atom. The van der Waals surface area contributed by atoms with Crippen molar-refractivity contribution in [1.29, 1.82) is 0 Å². The first-order valence-corrected chi connectivity index (χ1v) is 5.87. The van der Waals surface area contributed by atoms with E-state index in [-0.39, 0.29) is 18.4 Å². The minimum Gasteiger partial charge on any atom is -0.277 e. The van der Waals surface area contributed by atoms with Gasteiger partial charge in [-0.15, -0.1) is 12.4 Å². The number of hydrogen-bond acceptors (Lipinski definition) is 3. The van der Waals surface area contributed by atoms with Crippen molar-refractivity contribution >= 4 is 35.0 Å². The minimum atomic E-state index is 0. The fourth-order valence-corrected chi connectivity index (χ4v) is 1.83. The van der Waals surface area contributed by atoms with Gasteiger partial charge < -0.3 is 0 Å². The Morgan fingerprint density at radius 1 is 1.19 bits per heavy atom. The monoisotopic (exact) mass is 357 g/mol. The number of nitrogens with zero attached hydrogens (tertiary/aromatic N) is 1. The third-order valence-electron chi connectivity index (χ3n) is 2.16. The van der Waals surface area contributed by atoms with Gasteiger partial charge in [-0.2, -0.15) is 0 Å². The van der Waals surface area contributed by atoms with Crippen molar-refractivity contribution in [2.45, 2.75) is 19.4 Å². The van der Waals surface area contributed by atoms with Gasteiger partial charge in [0.05, 0.1) is 20.3 Å². The highest BCUT2D eigenvalue weighted by Crippen LogP contribution is 2.11. The van der Waals surface area contributed by atoms with Gasteiger partial charge in [0.25, 0.3) is 0 Å². The molecule has 0 aromatic heterocycles. The molecule has 0 heterocycles. The van der Waals surface area contributed by atoms with Crippen molar-refractivity contribution < 1.29 is 9.68 Å². The van der Waals surface area contributed by atoms with Gasteiger partial charge in [-0.3, -0.25) is 9.68 Å². The average Bonchev–Trinajstić information content (AvgIpc) is 2.23. The summed E-state index contributed by atoms with van der Waals surface area (Å²) in [5, 5.41) is 1.50. The van der Waals surface area contributed by atoms with Crippen LogP contribution in [0.1, 0.15) is 12.5 Å². The maximum Gasteiger partial charge on any atom is 0.0640 e. The zero-order chi connectivity index (χ0) is 11.3. The van der Waals surface area contributed by atoms with Gasteiger partial charge >= 0.3 is 0 Å². The molecule has 5 heteroatoms. The fourth-order valence-electron chi connectivity index (χ4n) is 1.47. The number of halogens is 2. The van der Waals surface area contributed by atoms with E-state index in [0.717, 1.165) is 6.42 Å². The Bertz CT molecular complexity index is 291. The highest BCUT2D eigenvalue weighted by Gasteiger charge is 2.13. The molecule has 0 spiro atoms. The van der Waals surface area contributed by atoms with Crippen LogP contribution in [0.25, 0.3) is 0 Å². The lowest BCUT2D eigenvalue weighted by atomic mass is 10.1. The lowest BCUT2D eigenvalue weighted by molar-refractivity contribution is -0.361. The molecule has 1 aromatic rings. The summed E-state index contributed by atoms with van der Waals surface area (Å²) in [4.78, 5) is 10.1. The van der Waals surface area contributed by atoms with Gasteiger partial charge in [0, 0.05) is 3.57 Å². The van der Waals surface area contributed by atoms with Crippen molar-refractivity contribution in [3.05, 3.63) is 33.4 Å². The van der Waals surface area contributed by atoms with Gasteiger partial charge in [-0.1, -0.05) is 17.4 Å². The number of benzene rings is 1. The minimum absolute atomic E-state index is 0. The summed E-state index contributed by atoms with van der Waals surface area (Å²) in [6, 6.07) is 8.66. The standard InChI is InChI=1S/C11H16INO2.ClH/c1-9(13(14-2)15-3)8-10-4-6-11(12)7-5-10;/h4-7,9H,8H2,1-3H3;1H. The molecule has 1 atom stereocenters. The first-order chi connectivity index (χ1) is 7.17. The zero-order valence-electron chi connectivity index (χ0n) is 9.64.